The molecule has 2 unspecified atom stereocenters. The molecule has 6 heteroatoms. The first-order chi connectivity index (χ1) is 12.0. The van der Waals surface area contributed by atoms with Crippen LogP contribution in [-0.4, -0.2) is 30.2 Å². The van der Waals surface area contributed by atoms with Gasteiger partial charge in [0, 0.05) is 12.3 Å². The fraction of sp³-hybridized carbons (Fsp3) is 0.737. The van der Waals surface area contributed by atoms with Crippen LogP contribution in [0.2, 0.25) is 0 Å². The third kappa shape index (κ3) is 12.1. The number of esters is 1. The van der Waals surface area contributed by atoms with Gasteiger partial charge in [-0.2, -0.15) is 0 Å². The van der Waals surface area contributed by atoms with Crippen molar-refractivity contribution in [1.29, 1.82) is 0 Å². The van der Waals surface area contributed by atoms with Gasteiger partial charge in [0.15, 0.2) is 0 Å². The first-order valence-electron chi connectivity index (χ1n) is 9.45. The van der Waals surface area contributed by atoms with Gasteiger partial charge in [-0.1, -0.05) is 50.5 Å². The zero-order valence-electron chi connectivity index (χ0n) is 15.4. The summed E-state index contributed by atoms with van der Waals surface area (Å²) >= 11 is 0. The molecule has 1 rings (SSSR count). The highest BCUT2D eigenvalue weighted by atomic mass is 31.2. The Hall–Kier alpha value is -0.900. The minimum atomic E-state index is -3.41. The second kappa shape index (κ2) is 13.3. The van der Waals surface area contributed by atoms with Gasteiger partial charge < -0.3 is 14.2 Å². The maximum Gasteiger partial charge on any atom is 0.328 e. The minimum Gasteiger partial charge on any atom is -0.465 e. The highest BCUT2D eigenvalue weighted by Gasteiger charge is 2.34. The van der Waals surface area contributed by atoms with Gasteiger partial charge >= 0.3 is 13.6 Å². The Morgan fingerprint density at radius 2 is 1.88 bits per heavy atom. The standard InChI is InChI=1S/C19H33O5P/c1-2-3-4-5-6-7-8-9-10-11-12-13-14-19(20)23-15-18-16-24-25(21,22)17-18/h3-4,6-7,18H,2,5,8-17H2,1H3,(H,21,22)/b4-3-,7-6-. The molecule has 1 heterocycles. The van der Waals surface area contributed by atoms with Crippen molar-refractivity contribution in [3.8, 4) is 0 Å². The van der Waals surface area contributed by atoms with Crippen molar-refractivity contribution in [3.63, 3.8) is 0 Å². The van der Waals surface area contributed by atoms with Crippen LogP contribution in [0, 0.1) is 5.92 Å². The summed E-state index contributed by atoms with van der Waals surface area (Å²) in [5, 5.41) is 0. The van der Waals surface area contributed by atoms with Crippen LogP contribution in [-0.2, 0) is 18.6 Å². The first-order valence-corrected chi connectivity index (χ1v) is 11.2. The van der Waals surface area contributed by atoms with E-state index in [4.69, 9.17) is 9.26 Å². The summed E-state index contributed by atoms with van der Waals surface area (Å²) in [6.45, 7) is 2.52. The molecule has 0 spiro atoms. The van der Waals surface area contributed by atoms with E-state index >= 15 is 0 Å². The molecular formula is C19H33O5P. The fourth-order valence-electron chi connectivity index (χ4n) is 2.65. The lowest BCUT2D eigenvalue weighted by Gasteiger charge is -2.08. The molecule has 1 N–H and O–H groups in total. The van der Waals surface area contributed by atoms with E-state index in [-0.39, 0.29) is 31.3 Å². The normalized spacial score (nSPS) is 23.7. The average Bonchev–Trinajstić information content (AvgIpc) is 2.93. The monoisotopic (exact) mass is 372 g/mol. The Balaban J connectivity index is 1.88. The molecule has 0 aromatic rings. The Morgan fingerprint density at radius 1 is 1.16 bits per heavy atom. The second-order valence-corrected chi connectivity index (χ2v) is 8.46. The highest BCUT2D eigenvalue weighted by molar-refractivity contribution is 7.53. The van der Waals surface area contributed by atoms with Crippen LogP contribution in [0.1, 0.15) is 64.7 Å². The molecule has 1 aliphatic rings. The molecule has 1 saturated heterocycles. The summed E-state index contributed by atoms with van der Waals surface area (Å²) in [6.07, 6.45) is 18.0. The molecule has 0 aromatic carbocycles. The van der Waals surface area contributed by atoms with E-state index in [0.717, 1.165) is 38.5 Å². The number of hydrogen-bond acceptors (Lipinski definition) is 4. The zero-order valence-corrected chi connectivity index (χ0v) is 16.3. The van der Waals surface area contributed by atoms with Gasteiger partial charge in [0.2, 0.25) is 0 Å². The zero-order chi connectivity index (χ0) is 18.4. The van der Waals surface area contributed by atoms with Gasteiger partial charge in [0.1, 0.15) is 0 Å². The summed E-state index contributed by atoms with van der Waals surface area (Å²) in [4.78, 5) is 20.9. The third-order valence-corrected chi connectivity index (χ3v) is 5.60. The van der Waals surface area contributed by atoms with E-state index in [1.165, 1.54) is 12.8 Å². The van der Waals surface area contributed by atoms with Crippen LogP contribution in [0.25, 0.3) is 0 Å². The Labute approximate surface area is 152 Å². The lowest BCUT2D eigenvalue weighted by molar-refractivity contribution is -0.145. The summed E-state index contributed by atoms with van der Waals surface area (Å²) in [6, 6.07) is 0. The molecule has 1 aliphatic heterocycles. The number of unbranched alkanes of at least 4 members (excludes halogenated alkanes) is 5. The predicted octanol–water partition coefficient (Wildman–Crippen LogP) is 5.00. The third-order valence-electron chi connectivity index (χ3n) is 4.07. The molecule has 0 aliphatic carbocycles. The highest BCUT2D eigenvalue weighted by Crippen LogP contribution is 2.49. The lowest BCUT2D eigenvalue weighted by Crippen LogP contribution is -2.16. The largest absolute Gasteiger partial charge is 0.465 e. The molecule has 1 fully saturated rings. The van der Waals surface area contributed by atoms with Crippen molar-refractivity contribution in [3.05, 3.63) is 24.3 Å². The molecule has 144 valence electrons. The minimum absolute atomic E-state index is 0.0869. The van der Waals surface area contributed by atoms with Gasteiger partial charge in [-0.05, 0) is 32.1 Å². The molecule has 0 saturated carbocycles. The molecule has 25 heavy (non-hydrogen) atoms. The van der Waals surface area contributed by atoms with E-state index in [1.54, 1.807) is 0 Å². The Bertz CT molecular complexity index is 472. The number of allylic oxidation sites excluding steroid dienone is 4. The quantitative estimate of drug-likeness (QED) is 0.213. The summed E-state index contributed by atoms with van der Waals surface area (Å²) in [7, 11) is -3.41. The van der Waals surface area contributed by atoms with Crippen LogP contribution in [0.3, 0.4) is 0 Å². The topological polar surface area (TPSA) is 72.8 Å². The summed E-state index contributed by atoms with van der Waals surface area (Å²) < 4.78 is 21.2. The van der Waals surface area contributed by atoms with Gasteiger partial charge in [-0.15, -0.1) is 0 Å². The second-order valence-electron chi connectivity index (χ2n) is 6.56. The molecule has 2 atom stereocenters. The maximum atomic E-state index is 11.6. The van der Waals surface area contributed by atoms with E-state index in [9.17, 15) is 14.3 Å². The van der Waals surface area contributed by atoms with E-state index in [2.05, 4.69) is 31.2 Å². The number of carbonyl (C=O) groups excluding carboxylic acids is 1. The van der Waals surface area contributed by atoms with Crippen molar-refractivity contribution in [1.82, 2.24) is 0 Å². The number of carbonyl (C=O) groups is 1. The maximum absolute atomic E-state index is 11.6. The van der Waals surface area contributed by atoms with Gasteiger partial charge in [0.05, 0.1) is 19.4 Å². The lowest BCUT2D eigenvalue weighted by atomic mass is 10.1. The predicted molar refractivity (Wildman–Crippen MR) is 101 cm³/mol. The van der Waals surface area contributed by atoms with Crippen LogP contribution in [0.15, 0.2) is 24.3 Å². The molecule has 0 bridgehead atoms. The van der Waals surface area contributed by atoms with Crippen molar-refractivity contribution in [2.75, 3.05) is 19.4 Å². The average molecular weight is 372 g/mol. The van der Waals surface area contributed by atoms with Crippen molar-refractivity contribution >= 4 is 13.6 Å². The smallest absolute Gasteiger partial charge is 0.328 e. The molecule has 5 nitrogen and oxygen atoms in total. The van der Waals surface area contributed by atoms with Crippen molar-refractivity contribution < 1.29 is 23.5 Å². The van der Waals surface area contributed by atoms with Gasteiger partial charge in [-0.25, -0.2) is 0 Å². The van der Waals surface area contributed by atoms with Crippen LogP contribution < -0.4 is 0 Å². The van der Waals surface area contributed by atoms with Crippen LogP contribution in [0.5, 0.6) is 0 Å². The van der Waals surface area contributed by atoms with E-state index < -0.39 is 7.60 Å². The Morgan fingerprint density at radius 3 is 2.60 bits per heavy atom. The Kier molecular flexibility index (Phi) is 11.8. The molecular weight excluding hydrogens is 339 g/mol. The van der Waals surface area contributed by atoms with Crippen LogP contribution >= 0.6 is 7.60 Å². The number of hydrogen-bond donors (Lipinski definition) is 1. The van der Waals surface area contributed by atoms with Gasteiger partial charge in [-0.3, -0.25) is 9.36 Å². The van der Waals surface area contributed by atoms with Crippen molar-refractivity contribution in [2.45, 2.75) is 64.7 Å². The van der Waals surface area contributed by atoms with Crippen LogP contribution in [0.4, 0.5) is 0 Å². The fourth-order valence-corrected chi connectivity index (χ4v) is 4.07. The number of rotatable bonds is 13. The van der Waals surface area contributed by atoms with Gasteiger partial charge in [0.25, 0.3) is 0 Å². The molecule has 0 amide bonds. The van der Waals surface area contributed by atoms with Crippen molar-refractivity contribution in [2.24, 2.45) is 5.92 Å². The summed E-state index contributed by atoms with van der Waals surface area (Å²) in [5.74, 6) is -0.368. The SMILES string of the molecule is CC/C=C\C/C=C\CCCCCCCC(=O)OCC1COP(=O)(O)C1. The van der Waals surface area contributed by atoms with E-state index in [0.29, 0.717) is 6.42 Å². The number of ether oxygens (including phenoxy) is 1. The summed E-state index contributed by atoms with van der Waals surface area (Å²) in [5.41, 5.74) is 0. The van der Waals surface area contributed by atoms with E-state index in [1.807, 2.05) is 0 Å². The molecule has 0 aromatic heterocycles. The first kappa shape index (κ1) is 22.1. The molecule has 0 radical (unpaired) electrons.